The molecule has 6 aliphatic rings. The number of fused-ring (bicyclic) bond motifs is 10. The van der Waals surface area contributed by atoms with E-state index >= 15 is 0 Å². The van der Waals surface area contributed by atoms with Crippen molar-refractivity contribution < 1.29 is 35.9 Å². The van der Waals surface area contributed by atoms with Crippen LogP contribution in [-0.4, -0.2) is 65.2 Å². The minimum Gasteiger partial charge on any atom is -0.406 e. The molecule has 10 rings (SSSR count). The topological polar surface area (TPSA) is 62.0 Å². The van der Waals surface area contributed by atoms with Gasteiger partial charge in [0.15, 0.2) is 0 Å². The van der Waals surface area contributed by atoms with Crippen molar-refractivity contribution in [3.8, 4) is 28.0 Å². The lowest BCUT2D eigenvalue weighted by Gasteiger charge is -2.42. The average molecular weight is 843 g/mol. The highest BCUT2D eigenvalue weighted by molar-refractivity contribution is 5.80. The van der Waals surface area contributed by atoms with Crippen LogP contribution in [0.4, 0.5) is 26.3 Å². The number of hydrogen-bond acceptors (Lipinski definition) is 5. The Kier molecular flexibility index (Phi) is 10.5. The van der Waals surface area contributed by atoms with Crippen LogP contribution >= 0.6 is 0 Å². The predicted octanol–water partition coefficient (Wildman–Crippen LogP) is 11.1. The first-order chi connectivity index (χ1) is 29.3. The number of rotatable bonds is 7. The second-order valence-corrected chi connectivity index (χ2v) is 18.5. The molecule has 3 saturated heterocycles. The van der Waals surface area contributed by atoms with Crippen LogP contribution in [0, 0.1) is 5.92 Å². The van der Waals surface area contributed by atoms with Crippen LogP contribution in [0.15, 0.2) is 78.9 Å². The number of hydrogen-bond donors (Lipinski definition) is 1. The van der Waals surface area contributed by atoms with Crippen LogP contribution in [0.25, 0.3) is 22.3 Å². The van der Waals surface area contributed by atoms with Gasteiger partial charge in [0.25, 0.3) is 0 Å². The molecule has 1 amide bonds. The van der Waals surface area contributed by atoms with Gasteiger partial charge in [-0.25, -0.2) is 0 Å². The van der Waals surface area contributed by atoms with Gasteiger partial charge in [0.2, 0.25) is 5.91 Å². The molecule has 0 aromatic heterocycles. The van der Waals surface area contributed by atoms with Crippen LogP contribution in [-0.2, 0) is 17.5 Å². The lowest BCUT2D eigenvalue weighted by molar-refractivity contribution is -0.274. The molecule has 1 saturated carbocycles. The molecular weight excluding hydrogens is 791 g/mol. The molecule has 0 radical (unpaired) electrons. The first-order valence-corrected chi connectivity index (χ1v) is 22.1. The molecular formula is C49H52F6N4O2. The maximum atomic E-state index is 14.8. The lowest BCUT2D eigenvalue weighted by atomic mass is 9.87. The van der Waals surface area contributed by atoms with Gasteiger partial charge in [-0.2, -0.15) is 13.2 Å². The Labute approximate surface area is 353 Å². The Hall–Kier alpha value is -4.39. The number of carbonyl (C=O) groups is 1. The third kappa shape index (κ3) is 7.97. The van der Waals surface area contributed by atoms with E-state index in [0.29, 0.717) is 67.5 Å². The van der Waals surface area contributed by atoms with Gasteiger partial charge in [-0.3, -0.25) is 14.6 Å². The number of carbonyl (C=O) groups excluding carboxylic acids is 1. The van der Waals surface area contributed by atoms with Crippen molar-refractivity contribution in [3.05, 3.63) is 112 Å². The van der Waals surface area contributed by atoms with E-state index in [2.05, 4.69) is 21.8 Å². The smallest absolute Gasteiger partial charge is 0.406 e. The zero-order chi connectivity index (χ0) is 42.2. The predicted molar refractivity (Wildman–Crippen MR) is 222 cm³/mol. The first kappa shape index (κ1) is 40.7. The second-order valence-electron chi connectivity index (χ2n) is 18.5. The van der Waals surface area contributed by atoms with Gasteiger partial charge in [0.05, 0.1) is 11.6 Å². The summed E-state index contributed by atoms with van der Waals surface area (Å²) in [5, 5.41) is 0. The summed E-state index contributed by atoms with van der Waals surface area (Å²) in [7, 11) is 0. The van der Waals surface area contributed by atoms with Gasteiger partial charge in [-0.15, -0.1) is 13.2 Å². The molecule has 0 spiro atoms. The zero-order valence-electron chi connectivity index (χ0n) is 34.2. The minimum atomic E-state index is -4.79. The number of likely N-dealkylation sites (tertiary alicyclic amines) is 3. The van der Waals surface area contributed by atoms with E-state index in [4.69, 9.17) is 5.73 Å². The number of nitrogens with two attached hydrogens (primary N) is 1. The third-order valence-corrected chi connectivity index (χ3v) is 15.0. The Bertz CT molecular complexity index is 2300. The average Bonchev–Trinajstić information content (AvgIpc) is 3.69. The molecule has 3 aliphatic heterocycles. The summed E-state index contributed by atoms with van der Waals surface area (Å²) < 4.78 is 87.3. The van der Waals surface area contributed by atoms with Crippen molar-refractivity contribution in [1.29, 1.82) is 0 Å². The molecule has 2 N–H and O–H groups in total. The molecule has 4 fully saturated rings. The molecule has 4 bridgehead atoms. The molecule has 3 aliphatic carbocycles. The summed E-state index contributed by atoms with van der Waals surface area (Å²) in [5.41, 5.74) is 13.5. The van der Waals surface area contributed by atoms with Gasteiger partial charge < -0.3 is 15.4 Å². The molecule has 4 aromatic carbocycles. The van der Waals surface area contributed by atoms with Gasteiger partial charge in [0.1, 0.15) is 5.75 Å². The summed E-state index contributed by atoms with van der Waals surface area (Å²) in [6, 6.07) is 24.0. The normalized spacial score (nSPS) is 26.9. The first-order valence-electron chi connectivity index (χ1n) is 22.1. The molecule has 12 heteroatoms. The number of piperidine rings is 3. The summed E-state index contributed by atoms with van der Waals surface area (Å²) in [6.07, 6.45) is -0.0631. The van der Waals surface area contributed by atoms with Crippen LogP contribution < -0.4 is 10.5 Å². The SMILES string of the molecule is NC1CCC(N2CCC3CC2c2cc(-c4ccc(CN5CCC(C(=O)N6CCC7CC6c6cc(-c8cccc(OC(F)(F)F)c8)ccc67)CC5)c(C(F)(F)F)c4)ccc23)CC1. The zero-order valence-corrected chi connectivity index (χ0v) is 34.2. The minimum absolute atomic E-state index is 0.0755. The summed E-state index contributed by atoms with van der Waals surface area (Å²) in [5.74, 6) is 0.378. The number of amides is 1. The molecule has 3 heterocycles. The summed E-state index contributed by atoms with van der Waals surface area (Å²) >= 11 is 0. The van der Waals surface area contributed by atoms with E-state index in [1.54, 1.807) is 12.1 Å². The van der Waals surface area contributed by atoms with Gasteiger partial charge in [-0.05, 0) is 176 Å². The van der Waals surface area contributed by atoms with Crippen LogP contribution in [0.5, 0.6) is 5.75 Å². The Morgan fingerprint density at radius 1 is 0.639 bits per heavy atom. The van der Waals surface area contributed by atoms with Crippen molar-refractivity contribution in [3.63, 3.8) is 0 Å². The highest BCUT2D eigenvalue weighted by Crippen LogP contribution is 2.53. The Morgan fingerprint density at radius 2 is 1.25 bits per heavy atom. The number of alkyl halides is 6. The van der Waals surface area contributed by atoms with E-state index in [-0.39, 0.29) is 41.8 Å². The van der Waals surface area contributed by atoms with Crippen LogP contribution in [0.1, 0.15) is 122 Å². The number of ether oxygens (including phenoxy) is 1. The fraction of sp³-hybridized carbons (Fsp3) is 0.490. The Balaban J connectivity index is 0.809. The summed E-state index contributed by atoms with van der Waals surface area (Å²) in [4.78, 5) is 20.9. The number of halogens is 6. The van der Waals surface area contributed by atoms with Gasteiger partial charge in [-0.1, -0.05) is 48.5 Å². The fourth-order valence-corrected chi connectivity index (χ4v) is 11.9. The monoisotopic (exact) mass is 842 g/mol. The van der Waals surface area contributed by atoms with Crippen LogP contribution in [0.3, 0.4) is 0 Å². The maximum Gasteiger partial charge on any atom is 0.573 e. The van der Waals surface area contributed by atoms with Gasteiger partial charge >= 0.3 is 12.5 Å². The van der Waals surface area contributed by atoms with Crippen molar-refractivity contribution >= 4 is 5.91 Å². The van der Waals surface area contributed by atoms with Crippen LogP contribution in [0.2, 0.25) is 0 Å². The fourth-order valence-electron chi connectivity index (χ4n) is 11.9. The standard InChI is InChI=1S/C49H52F6N4O2/c50-48(51,52)44-25-33(32-7-13-40-34-16-20-58(45(26-34)42(40)24-32)38-10-8-37(56)9-11-38)4-5-36(44)28-57-18-14-29(15-19-57)47(60)59-21-17-35-27-46(59)43-23-31(6-12-41(35)43)30-2-1-3-39(22-30)61-49(53,54)55/h1-7,12-13,22-25,29,34-35,37-38,45-46H,8-11,14-21,26-28,56H2. The van der Waals surface area contributed by atoms with E-state index in [0.717, 1.165) is 74.6 Å². The maximum absolute atomic E-state index is 14.8. The van der Waals surface area contributed by atoms with Crippen molar-refractivity contribution in [2.24, 2.45) is 11.7 Å². The number of nitrogens with zero attached hydrogens (tertiary/aromatic N) is 3. The molecule has 6 nitrogen and oxygen atoms in total. The quantitative estimate of drug-likeness (QED) is 0.188. The molecule has 322 valence electrons. The van der Waals surface area contributed by atoms with Crippen molar-refractivity contribution in [2.75, 3.05) is 26.2 Å². The number of benzene rings is 4. The largest absolute Gasteiger partial charge is 0.573 e. The highest BCUT2D eigenvalue weighted by Gasteiger charge is 2.44. The second kappa shape index (κ2) is 15.8. The lowest BCUT2D eigenvalue weighted by Crippen LogP contribution is -2.45. The summed E-state index contributed by atoms with van der Waals surface area (Å²) in [6.45, 7) is 2.87. The van der Waals surface area contributed by atoms with E-state index in [1.807, 2.05) is 40.1 Å². The molecule has 4 unspecified atom stereocenters. The molecule has 61 heavy (non-hydrogen) atoms. The molecule has 4 atom stereocenters. The van der Waals surface area contributed by atoms with E-state index < -0.39 is 18.1 Å². The van der Waals surface area contributed by atoms with Gasteiger partial charge in [0, 0.05) is 37.1 Å². The Morgan fingerprint density at radius 3 is 1.92 bits per heavy atom. The highest BCUT2D eigenvalue weighted by atomic mass is 19.4. The van der Waals surface area contributed by atoms with Crippen molar-refractivity contribution in [2.45, 2.75) is 119 Å². The molecule has 4 aromatic rings. The van der Waals surface area contributed by atoms with E-state index in [1.165, 1.54) is 41.0 Å². The van der Waals surface area contributed by atoms with E-state index in [9.17, 15) is 31.1 Å². The van der Waals surface area contributed by atoms with Crippen molar-refractivity contribution in [1.82, 2.24) is 14.7 Å². The third-order valence-electron chi connectivity index (χ3n) is 15.0.